The molecule has 1 fully saturated rings. The van der Waals surface area contributed by atoms with Gasteiger partial charge < -0.3 is 14.5 Å². The van der Waals surface area contributed by atoms with E-state index < -0.39 is 17.9 Å². The smallest absolute Gasteiger partial charge is 0.229 e. The Morgan fingerprint density at radius 2 is 2.04 bits per heavy atom. The van der Waals surface area contributed by atoms with E-state index >= 15 is 0 Å². The molecule has 2 aliphatic rings. The summed E-state index contributed by atoms with van der Waals surface area (Å²) in [6.45, 7) is 1.56. The molecule has 1 amide bonds. The number of halogens is 2. The molecule has 2 aromatic rings. The van der Waals surface area contributed by atoms with Crippen LogP contribution in [-0.4, -0.2) is 58.2 Å². The van der Waals surface area contributed by atoms with Crippen molar-refractivity contribution in [1.29, 1.82) is 0 Å². The zero-order valence-corrected chi connectivity index (χ0v) is 14.6. The number of hydrogen-bond acceptors (Lipinski definition) is 6. The van der Waals surface area contributed by atoms with Gasteiger partial charge in [0.1, 0.15) is 18.5 Å². The highest BCUT2D eigenvalue weighted by Crippen LogP contribution is 2.28. The van der Waals surface area contributed by atoms with Crippen LogP contribution >= 0.6 is 0 Å². The molecular formula is C18H19F2N5O2. The molecule has 1 unspecified atom stereocenters. The summed E-state index contributed by atoms with van der Waals surface area (Å²) in [5.74, 6) is -0.505. The number of alkyl halides is 1. The van der Waals surface area contributed by atoms with Gasteiger partial charge in [0.05, 0.1) is 37.9 Å². The zero-order chi connectivity index (χ0) is 18.8. The van der Waals surface area contributed by atoms with E-state index in [1.165, 1.54) is 0 Å². The van der Waals surface area contributed by atoms with Crippen LogP contribution in [0.2, 0.25) is 0 Å². The third kappa shape index (κ3) is 3.67. The first-order chi connectivity index (χ1) is 13.1. The lowest BCUT2D eigenvalue weighted by Gasteiger charge is -2.36. The fraction of sp³-hybridized carbons (Fsp3) is 0.444. The average molecular weight is 375 g/mol. The van der Waals surface area contributed by atoms with Gasteiger partial charge in [-0.15, -0.1) is 0 Å². The van der Waals surface area contributed by atoms with Crippen LogP contribution in [0.3, 0.4) is 0 Å². The van der Waals surface area contributed by atoms with Crippen molar-refractivity contribution in [2.75, 3.05) is 31.1 Å². The molecule has 0 aromatic carbocycles. The third-order valence-corrected chi connectivity index (χ3v) is 4.90. The molecule has 0 bridgehead atoms. The van der Waals surface area contributed by atoms with Crippen LogP contribution in [0, 0.1) is 11.7 Å². The molecule has 0 aliphatic carbocycles. The second-order valence-electron chi connectivity index (χ2n) is 6.65. The lowest BCUT2D eigenvalue weighted by Crippen LogP contribution is -2.49. The molecule has 9 heteroatoms. The van der Waals surface area contributed by atoms with Crippen molar-refractivity contribution in [3.05, 3.63) is 42.2 Å². The number of rotatable bonds is 2. The predicted molar refractivity (Wildman–Crippen MR) is 92.4 cm³/mol. The normalized spacial score (nSPS) is 22.6. The predicted octanol–water partition coefficient (Wildman–Crippen LogP) is 1.60. The highest BCUT2D eigenvalue weighted by Gasteiger charge is 2.38. The Balaban J connectivity index is 1.43. The molecule has 2 aromatic heterocycles. The van der Waals surface area contributed by atoms with Gasteiger partial charge in [-0.25, -0.2) is 18.7 Å². The number of fused-ring (bicyclic) bond motifs is 1. The van der Waals surface area contributed by atoms with E-state index in [4.69, 9.17) is 4.74 Å². The minimum Gasteiger partial charge on any atom is -0.491 e. The van der Waals surface area contributed by atoms with Crippen molar-refractivity contribution in [3.8, 4) is 5.75 Å². The fourth-order valence-corrected chi connectivity index (χ4v) is 3.48. The summed E-state index contributed by atoms with van der Waals surface area (Å²) in [6.07, 6.45) is 4.41. The number of aromatic nitrogens is 3. The van der Waals surface area contributed by atoms with Crippen molar-refractivity contribution in [2.45, 2.75) is 19.1 Å². The number of nitrogens with zero attached hydrogens (tertiary/aromatic N) is 5. The number of anilines is 1. The zero-order valence-electron chi connectivity index (χ0n) is 14.6. The van der Waals surface area contributed by atoms with E-state index in [0.29, 0.717) is 38.4 Å². The molecule has 2 aliphatic heterocycles. The Morgan fingerprint density at radius 1 is 1.22 bits per heavy atom. The Bertz CT molecular complexity index is 820. The highest BCUT2D eigenvalue weighted by atomic mass is 19.1. The van der Waals surface area contributed by atoms with Crippen LogP contribution < -0.4 is 9.64 Å². The number of carbonyl (C=O) groups is 1. The number of carbonyl (C=O) groups excluding carboxylic acids is 1. The van der Waals surface area contributed by atoms with Crippen LogP contribution in [0.5, 0.6) is 5.75 Å². The van der Waals surface area contributed by atoms with E-state index in [2.05, 4.69) is 15.0 Å². The average Bonchev–Trinajstić information content (AvgIpc) is 2.90. The van der Waals surface area contributed by atoms with Gasteiger partial charge in [0, 0.05) is 24.5 Å². The van der Waals surface area contributed by atoms with Crippen LogP contribution in [0.25, 0.3) is 0 Å². The first-order valence-electron chi connectivity index (χ1n) is 8.83. The number of piperidine rings is 1. The summed E-state index contributed by atoms with van der Waals surface area (Å²) in [7, 11) is 0. The molecule has 27 heavy (non-hydrogen) atoms. The van der Waals surface area contributed by atoms with Crippen molar-refractivity contribution < 1.29 is 18.3 Å². The highest BCUT2D eigenvalue weighted by molar-refractivity contribution is 5.80. The van der Waals surface area contributed by atoms with E-state index in [-0.39, 0.29) is 18.4 Å². The summed E-state index contributed by atoms with van der Waals surface area (Å²) in [6, 6.07) is 1.77. The molecule has 4 rings (SSSR count). The molecular weight excluding hydrogens is 356 g/mol. The quantitative estimate of drug-likeness (QED) is 0.794. The summed E-state index contributed by atoms with van der Waals surface area (Å²) >= 11 is 0. The first kappa shape index (κ1) is 17.6. The van der Waals surface area contributed by atoms with Gasteiger partial charge in [0.15, 0.2) is 5.82 Å². The molecule has 142 valence electrons. The Kier molecular flexibility index (Phi) is 4.83. The Hall–Kier alpha value is -2.84. The summed E-state index contributed by atoms with van der Waals surface area (Å²) in [5, 5.41) is 0. The van der Waals surface area contributed by atoms with E-state index in [1.54, 1.807) is 28.3 Å². The molecule has 0 N–H and O–H groups in total. The number of amides is 1. The lowest BCUT2D eigenvalue weighted by atomic mass is 9.93. The standard InChI is InChI=1S/C18H19F2N5O2/c19-13-8-22-18(23-9-13)25-4-2-14(15(20)11-25)17(26)24-5-6-27-16-1-3-21-7-12(16)10-24/h1,3,7-9,14-15H,2,4-6,10-11H2/t14?,15-/m0/s1. The molecule has 0 saturated carbocycles. The number of hydrogen-bond donors (Lipinski definition) is 0. The van der Waals surface area contributed by atoms with Crippen molar-refractivity contribution in [2.24, 2.45) is 5.92 Å². The van der Waals surface area contributed by atoms with E-state index in [9.17, 15) is 13.6 Å². The van der Waals surface area contributed by atoms with Crippen LogP contribution in [0.4, 0.5) is 14.7 Å². The third-order valence-electron chi connectivity index (χ3n) is 4.90. The van der Waals surface area contributed by atoms with Gasteiger partial charge in [-0.2, -0.15) is 0 Å². The van der Waals surface area contributed by atoms with E-state index in [0.717, 1.165) is 18.0 Å². The number of pyridine rings is 1. The summed E-state index contributed by atoms with van der Waals surface area (Å²) in [5.41, 5.74) is 0.816. The topological polar surface area (TPSA) is 71.5 Å². The van der Waals surface area contributed by atoms with Crippen LogP contribution in [-0.2, 0) is 11.3 Å². The second kappa shape index (κ2) is 7.42. The maximum absolute atomic E-state index is 14.8. The second-order valence-corrected chi connectivity index (χ2v) is 6.65. The van der Waals surface area contributed by atoms with Gasteiger partial charge >= 0.3 is 0 Å². The first-order valence-corrected chi connectivity index (χ1v) is 8.83. The van der Waals surface area contributed by atoms with Gasteiger partial charge in [-0.3, -0.25) is 9.78 Å². The molecule has 1 saturated heterocycles. The van der Waals surface area contributed by atoms with Crippen molar-refractivity contribution in [1.82, 2.24) is 19.9 Å². The SMILES string of the molecule is O=C(C1CCN(c2ncc(F)cn2)C[C@@H]1F)N1CCOc2ccncc2C1. The Morgan fingerprint density at radius 3 is 2.81 bits per heavy atom. The van der Waals surface area contributed by atoms with Crippen molar-refractivity contribution in [3.63, 3.8) is 0 Å². The van der Waals surface area contributed by atoms with Crippen molar-refractivity contribution >= 4 is 11.9 Å². The van der Waals surface area contributed by atoms with E-state index in [1.807, 2.05) is 0 Å². The van der Waals surface area contributed by atoms with Gasteiger partial charge in [0.2, 0.25) is 11.9 Å². The maximum Gasteiger partial charge on any atom is 0.229 e. The molecule has 4 heterocycles. The van der Waals surface area contributed by atoms with Gasteiger partial charge in [-0.05, 0) is 12.5 Å². The van der Waals surface area contributed by atoms with Gasteiger partial charge in [0.25, 0.3) is 0 Å². The molecule has 2 atom stereocenters. The number of ether oxygens (including phenoxy) is 1. The monoisotopic (exact) mass is 375 g/mol. The van der Waals surface area contributed by atoms with Crippen LogP contribution in [0.15, 0.2) is 30.9 Å². The minimum atomic E-state index is -1.35. The largest absolute Gasteiger partial charge is 0.491 e. The maximum atomic E-state index is 14.8. The molecule has 0 spiro atoms. The Labute approximate surface area is 155 Å². The fourth-order valence-electron chi connectivity index (χ4n) is 3.48. The minimum absolute atomic E-state index is 0.00449. The molecule has 7 nitrogen and oxygen atoms in total. The summed E-state index contributed by atoms with van der Waals surface area (Å²) in [4.78, 5) is 28.0. The van der Waals surface area contributed by atoms with Crippen LogP contribution in [0.1, 0.15) is 12.0 Å². The summed E-state index contributed by atoms with van der Waals surface area (Å²) < 4.78 is 33.4. The lowest BCUT2D eigenvalue weighted by molar-refractivity contribution is -0.139. The van der Waals surface area contributed by atoms with Gasteiger partial charge in [-0.1, -0.05) is 0 Å². The molecule has 0 radical (unpaired) electrons.